The molecule has 25 heavy (non-hydrogen) atoms. The van der Waals surface area contributed by atoms with Crippen LogP contribution >= 0.6 is 0 Å². The summed E-state index contributed by atoms with van der Waals surface area (Å²) in [6.45, 7) is 3.34. The van der Waals surface area contributed by atoms with Gasteiger partial charge in [0.1, 0.15) is 0 Å². The van der Waals surface area contributed by atoms with Crippen LogP contribution in [0.15, 0.2) is 22.8 Å². The molecule has 5 heteroatoms. The van der Waals surface area contributed by atoms with E-state index in [-0.39, 0.29) is 25.0 Å². The largest absolute Gasteiger partial charge is 0.396 e. The van der Waals surface area contributed by atoms with Gasteiger partial charge in [0.05, 0.1) is 32.5 Å². The molecule has 1 heterocycles. The highest BCUT2D eigenvalue weighted by Crippen LogP contribution is 2.54. The standard InChI is InChI=1S/C20H30O5/c1-19(12-22)17(4-5-18(19)23)15-3-2-13-10-20(24-8-9-25-20)7-6-14(13)16(15)11-21/h10,15,17-18,21-23H,2-9,11-12H2,1H3. The van der Waals surface area contributed by atoms with E-state index in [0.717, 1.165) is 44.1 Å². The molecule has 3 N–H and O–H groups in total. The van der Waals surface area contributed by atoms with Crippen LogP contribution in [0.2, 0.25) is 0 Å². The van der Waals surface area contributed by atoms with Gasteiger partial charge in [-0.25, -0.2) is 0 Å². The van der Waals surface area contributed by atoms with E-state index in [1.165, 1.54) is 11.1 Å². The van der Waals surface area contributed by atoms with Crippen molar-refractivity contribution in [2.75, 3.05) is 26.4 Å². The number of fused-ring (bicyclic) bond motifs is 1. The molecule has 1 saturated heterocycles. The minimum Gasteiger partial charge on any atom is -0.396 e. The van der Waals surface area contributed by atoms with E-state index in [9.17, 15) is 15.3 Å². The monoisotopic (exact) mass is 350 g/mol. The number of ether oxygens (including phenoxy) is 2. The van der Waals surface area contributed by atoms with Gasteiger partial charge in [-0.1, -0.05) is 6.92 Å². The van der Waals surface area contributed by atoms with Crippen LogP contribution in [0.4, 0.5) is 0 Å². The zero-order valence-electron chi connectivity index (χ0n) is 15.0. The van der Waals surface area contributed by atoms with Gasteiger partial charge in [0.25, 0.3) is 0 Å². The van der Waals surface area contributed by atoms with Crippen molar-refractivity contribution in [3.05, 3.63) is 22.8 Å². The maximum atomic E-state index is 10.4. The Balaban J connectivity index is 1.67. The predicted molar refractivity (Wildman–Crippen MR) is 92.7 cm³/mol. The van der Waals surface area contributed by atoms with Crippen LogP contribution < -0.4 is 0 Å². The molecular weight excluding hydrogens is 320 g/mol. The summed E-state index contributed by atoms with van der Waals surface area (Å²) in [4.78, 5) is 0. The van der Waals surface area contributed by atoms with Gasteiger partial charge in [-0.05, 0) is 66.7 Å². The lowest BCUT2D eigenvalue weighted by atomic mass is 9.64. The summed E-state index contributed by atoms with van der Waals surface area (Å²) in [7, 11) is 0. The number of aliphatic hydroxyl groups excluding tert-OH is 3. The molecule has 1 saturated carbocycles. The van der Waals surface area contributed by atoms with Gasteiger partial charge in [-0.15, -0.1) is 0 Å². The Bertz CT molecular complexity index is 589. The van der Waals surface area contributed by atoms with Crippen LogP contribution in [0.25, 0.3) is 0 Å². The molecule has 1 aliphatic heterocycles. The fourth-order valence-electron chi connectivity index (χ4n) is 5.67. The Morgan fingerprint density at radius 1 is 1.12 bits per heavy atom. The lowest BCUT2D eigenvalue weighted by molar-refractivity contribution is -0.123. The summed E-state index contributed by atoms with van der Waals surface area (Å²) in [6.07, 6.45) is 6.89. The minimum atomic E-state index is -0.546. The Hall–Kier alpha value is -0.720. The molecule has 0 aromatic carbocycles. The molecule has 5 nitrogen and oxygen atoms in total. The van der Waals surface area contributed by atoms with E-state index in [2.05, 4.69) is 6.08 Å². The number of hydrogen-bond donors (Lipinski definition) is 3. The molecule has 140 valence electrons. The number of aliphatic hydroxyl groups is 3. The summed E-state index contributed by atoms with van der Waals surface area (Å²) in [5.41, 5.74) is 3.17. The second-order valence-electron chi connectivity index (χ2n) is 8.35. The summed E-state index contributed by atoms with van der Waals surface area (Å²) >= 11 is 0. The van der Waals surface area contributed by atoms with Crippen LogP contribution in [0.3, 0.4) is 0 Å². The summed E-state index contributed by atoms with van der Waals surface area (Å²) in [5.74, 6) is -0.0837. The van der Waals surface area contributed by atoms with E-state index in [1.54, 1.807) is 0 Å². The third-order valence-corrected chi connectivity index (χ3v) is 7.20. The number of allylic oxidation sites excluding steroid dienone is 2. The van der Waals surface area contributed by atoms with Crippen LogP contribution in [-0.4, -0.2) is 53.6 Å². The van der Waals surface area contributed by atoms with Gasteiger partial charge in [-0.2, -0.15) is 0 Å². The first-order chi connectivity index (χ1) is 12.0. The summed E-state index contributed by atoms with van der Waals surface area (Å²) in [6, 6.07) is 0. The Morgan fingerprint density at radius 2 is 1.88 bits per heavy atom. The average molecular weight is 350 g/mol. The van der Waals surface area contributed by atoms with Crippen molar-refractivity contribution in [3.63, 3.8) is 0 Å². The summed E-state index contributed by atoms with van der Waals surface area (Å²) in [5, 5.41) is 30.5. The zero-order valence-corrected chi connectivity index (χ0v) is 15.0. The van der Waals surface area contributed by atoms with Crippen molar-refractivity contribution in [1.82, 2.24) is 0 Å². The van der Waals surface area contributed by atoms with Crippen molar-refractivity contribution in [2.24, 2.45) is 17.3 Å². The van der Waals surface area contributed by atoms with Crippen LogP contribution in [0.1, 0.15) is 45.4 Å². The van der Waals surface area contributed by atoms with Gasteiger partial charge in [0, 0.05) is 11.8 Å². The number of rotatable bonds is 3. The molecule has 4 unspecified atom stereocenters. The van der Waals surface area contributed by atoms with Gasteiger partial charge >= 0.3 is 0 Å². The van der Waals surface area contributed by atoms with Gasteiger partial charge < -0.3 is 24.8 Å². The van der Waals surface area contributed by atoms with Crippen molar-refractivity contribution in [3.8, 4) is 0 Å². The Labute approximate surface area is 149 Å². The molecule has 0 bridgehead atoms. The fraction of sp³-hybridized carbons (Fsp3) is 0.800. The first kappa shape index (κ1) is 17.7. The molecule has 1 spiro atoms. The predicted octanol–water partition coefficient (Wildman–Crippen LogP) is 1.92. The third-order valence-electron chi connectivity index (χ3n) is 7.20. The Kier molecular flexibility index (Phi) is 4.57. The first-order valence-electron chi connectivity index (χ1n) is 9.65. The minimum absolute atomic E-state index is 0.00311. The molecule has 4 atom stereocenters. The molecule has 2 fully saturated rings. The molecular formula is C20H30O5. The topological polar surface area (TPSA) is 79.2 Å². The molecule has 4 rings (SSSR count). The van der Waals surface area contributed by atoms with Gasteiger partial charge in [0.15, 0.2) is 5.79 Å². The molecule has 0 radical (unpaired) electrons. The summed E-state index contributed by atoms with van der Waals surface area (Å²) < 4.78 is 11.7. The van der Waals surface area contributed by atoms with Crippen LogP contribution in [0, 0.1) is 17.3 Å². The van der Waals surface area contributed by atoms with Gasteiger partial charge in [-0.3, -0.25) is 0 Å². The SMILES string of the molecule is CC1(CO)C(O)CCC1C1CCC2=CC3(CCC2=C1CO)OCCO3. The third kappa shape index (κ3) is 2.72. The normalized spacial score (nSPS) is 40.5. The van der Waals surface area contributed by atoms with Crippen LogP contribution in [0.5, 0.6) is 0 Å². The Morgan fingerprint density at radius 3 is 2.56 bits per heavy atom. The van der Waals surface area contributed by atoms with E-state index in [0.29, 0.717) is 13.2 Å². The highest BCUT2D eigenvalue weighted by molar-refractivity contribution is 5.44. The fourth-order valence-corrected chi connectivity index (χ4v) is 5.67. The zero-order chi connectivity index (χ0) is 17.7. The molecule has 4 aliphatic rings. The van der Waals surface area contributed by atoms with Crippen molar-refractivity contribution in [2.45, 2.75) is 57.3 Å². The average Bonchev–Trinajstić information content (AvgIpc) is 3.19. The van der Waals surface area contributed by atoms with Crippen molar-refractivity contribution < 1.29 is 24.8 Å². The quantitative estimate of drug-likeness (QED) is 0.725. The molecule has 0 aromatic heterocycles. The van der Waals surface area contributed by atoms with Crippen molar-refractivity contribution in [1.29, 1.82) is 0 Å². The van der Waals surface area contributed by atoms with E-state index >= 15 is 0 Å². The van der Waals surface area contributed by atoms with Crippen molar-refractivity contribution >= 4 is 0 Å². The van der Waals surface area contributed by atoms with E-state index < -0.39 is 17.3 Å². The molecule has 0 amide bonds. The van der Waals surface area contributed by atoms with E-state index in [1.807, 2.05) is 6.92 Å². The van der Waals surface area contributed by atoms with Gasteiger partial charge in [0.2, 0.25) is 0 Å². The second kappa shape index (κ2) is 6.46. The highest BCUT2D eigenvalue weighted by Gasteiger charge is 2.51. The van der Waals surface area contributed by atoms with Crippen LogP contribution in [-0.2, 0) is 9.47 Å². The maximum Gasteiger partial charge on any atom is 0.188 e. The second-order valence-corrected chi connectivity index (χ2v) is 8.35. The lowest BCUT2D eigenvalue weighted by Crippen LogP contribution is -2.41. The molecule has 0 aromatic rings. The lowest BCUT2D eigenvalue weighted by Gasteiger charge is -2.43. The molecule has 3 aliphatic carbocycles. The first-order valence-corrected chi connectivity index (χ1v) is 9.65. The number of hydrogen-bond acceptors (Lipinski definition) is 5. The highest BCUT2D eigenvalue weighted by atomic mass is 16.7. The maximum absolute atomic E-state index is 10.4. The van der Waals surface area contributed by atoms with E-state index in [4.69, 9.17) is 9.47 Å². The smallest absolute Gasteiger partial charge is 0.188 e.